The molecule has 0 aromatic heterocycles. The summed E-state index contributed by atoms with van der Waals surface area (Å²) >= 11 is 0. The topological polar surface area (TPSA) is 26.3 Å². The molecule has 2 unspecified atom stereocenters. The van der Waals surface area contributed by atoms with E-state index >= 15 is 0 Å². The molecule has 110 valence electrons. The Morgan fingerprint density at radius 2 is 1.95 bits per heavy atom. The highest BCUT2D eigenvalue weighted by Gasteiger charge is 2.37. The molecule has 3 heteroatoms. The van der Waals surface area contributed by atoms with Gasteiger partial charge in [0.2, 0.25) is 0 Å². The van der Waals surface area contributed by atoms with Crippen LogP contribution in [-0.2, 0) is 9.22 Å². The van der Waals surface area contributed by atoms with E-state index in [9.17, 15) is 4.79 Å². The van der Waals surface area contributed by atoms with E-state index in [1.54, 1.807) is 0 Å². The van der Waals surface area contributed by atoms with Crippen LogP contribution < -0.4 is 0 Å². The van der Waals surface area contributed by atoms with Gasteiger partial charge in [0.25, 0.3) is 0 Å². The second kappa shape index (κ2) is 5.92. The lowest BCUT2D eigenvalue weighted by molar-refractivity contribution is -0.125. The highest BCUT2D eigenvalue weighted by molar-refractivity contribution is 6.74. The summed E-state index contributed by atoms with van der Waals surface area (Å²) in [5.74, 6) is 0.976. The van der Waals surface area contributed by atoms with Crippen LogP contribution >= 0.6 is 0 Å². The second-order valence-corrected chi connectivity index (χ2v) is 12.4. The summed E-state index contributed by atoms with van der Waals surface area (Å²) in [6, 6.07) is 0. The van der Waals surface area contributed by atoms with Crippen LogP contribution in [0.5, 0.6) is 0 Å². The quantitative estimate of drug-likeness (QED) is 0.558. The van der Waals surface area contributed by atoms with Gasteiger partial charge in [-0.05, 0) is 42.5 Å². The van der Waals surface area contributed by atoms with E-state index in [0.29, 0.717) is 24.7 Å². The fourth-order valence-corrected chi connectivity index (χ4v) is 3.09. The van der Waals surface area contributed by atoms with Gasteiger partial charge in [-0.15, -0.1) is 0 Å². The first-order chi connectivity index (χ1) is 8.54. The number of hydrogen-bond acceptors (Lipinski definition) is 2. The summed E-state index contributed by atoms with van der Waals surface area (Å²) in [5.41, 5.74) is 1.12. The van der Waals surface area contributed by atoms with Gasteiger partial charge in [-0.1, -0.05) is 34.3 Å². The van der Waals surface area contributed by atoms with Gasteiger partial charge >= 0.3 is 0 Å². The Morgan fingerprint density at radius 1 is 1.37 bits per heavy atom. The van der Waals surface area contributed by atoms with Crippen molar-refractivity contribution >= 4 is 14.1 Å². The normalized spacial score (nSPS) is 25.5. The van der Waals surface area contributed by atoms with Gasteiger partial charge in [0.15, 0.2) is 8.32 Å². The third-order valence-corrected chi connectivity index (χ3v) is 9.43. The largest absolute Gasteiger partial charge is 0.413 e. The Labute approximate surface area is 119 Å². The van der Waals surface area contributed by atoms with Crippen LogP contribution in [0.3, 0.4) is 0 Å². The fraction of sp³-hybridized carbons (Fsp3) is 0.812. The first-order valence-corrected chi connectivity index (χ1v) is 10.3. The molecule has 2 nitrogen and oxygen atoms in total. The van der Waals surface area contributed by atoms with Crippen molar-refractivity contribution in [3.8, 4) is 0 Å². The summed E-state index contributed by atoms with van der Waals surface area (Å²) < 4.78 is 6.20. The zero-order valence-electron chi connectivity index (χ0n) is 13.5. The maximum Gasteiger partial charge on any atom is 0.192 e. The van der Waals surface area contributed by atoms with Crippen molar-refractivity contribution in [1.82, 2.24) is 0 Å². The number of carbonyl (C=O) groups is 1. The van der Waals surface area contributed by atoms with Crippen LogP contribution in [0.15, 0.2) is 12.2 Å². The Kier molecular flexibility index (Phi) is 5.19. The maximum absolute atomic E-state index is 11.8. The van der Waals surface area contributed by atoms with Gasteiger partial charge in [-0.3, -0.25) is 4.79 Å². The number of hydrogen-bond donors (Lipinski definition) is 0. The van der Waals surface area contributed by atoms with Crippen molar-refractivity contribution in [2.45, 2.75) is 65.1 Å². The van der Waals surface area contributed by atoms with Gasteiger partial charge in [0.1, 0.15) is 5.78 Å². The van der Waals surface area contributed by atoms with E-state index in [1.165, 1.54) is 0 Å². The summed E-state index contributed by atoms with van der Waals surface area (Å²) in [6.45, 7) is 18.1. The average molecular weight is 282 g/mol. The molecule has 1 fully saturated rings. The minimum absolute atomic E-state index is 0.226. The molecule has 1 aliphatic rings. The van der Waals surface area contributed by atoms with Crippen LogP contribution in [0.4, 0.5) is 0 Å². The van der Waals surface area contributed by atoms with Crippen LogP contribution in [-0.4, -0.2) is 20.7 Å². The SMILES string of the molecule is C=C(CO[Si](C)(C)C(C)(C)C)C1CCC(C)C(=O)C1. The van der Waals surface area contributed by atoms with Crippen molar-refractivity contribution in [1.29, 1.82) is 0 Å². The van der Waals surface area contributed by atoms with Crippen molar-refractivity contribution in [2.24, 2.45) is 11.8 Å². The van der Waals surface area contributed by atoms with E-state index < -0.39 is 8.32 Å². The van der Waals surface area contributed by atoms with Gasteiger partial charge in [-0.25, -0.2) is 0 Å². The zero-order valence-corrected chi connectivity index (χ0v) is 14.5. The van der Waals surface area contributed by atoms with Crippen molar-refractivity contribution in [2.75, 3.05) is 6.61 Å². The van der Waals surface area contributed by atoms with Gasteiger partial charge in [-0.2, -0.15) is 0 Å². The molecule has 0 aromatic carbocycles. The van der Waals surface area contributed by atoms with Gasteiger partial charge in [0, 0.05) is 12.3 Å². The van der Waals surface area contributed by atoms with Crippen molar-refractivity contribution in [3.63, 3.8) is 0 Å². The zero-order chi connectivity index (χ0) is 14.8. The fourth-order valence-electron chi connectivity index (χ4n) is 2.11. The Hall–Kier alpha value is -0.413. The number of ketones is 1. The molecule has 0 saturated heterocycles. The number of rotatable bonds is 4. The number of Topliss-reactive ketones (excluding diaryl/α,β-unsaturated/α-hetero) is 1. The minimum atomic E-state index is -1.71. The van der Waals surface area contributed by atoms with Crippen LogP contribution in [0.25, 0.3) is 0 Å². The molecule has 0 spiro atoms. The lowest BCUT2D eigenvalue weighted by atomic mass is 9.79. The standard InChI is InChI=1S/C16H30O2Si/c1-12-8-9-14(10-15(12)17)13(2)11-18-19(6,7)16(3,4)5/h12,14H,2,8-11H2,1,3-7H3. The number of carbonyl (C=O) groups excluding carboxylic acids is 1. The van der Waals surface area contributed by atoms with Crippen molar-refractivity contribution in [3.05, 3.63) is 12.2 Å². The van der Waals surface area contributed by atoms with E-state index in [4.69, 9.17) is 4.43 Å². The maximum atomic E-state index is 11.8. The minimum Gasteiger partial charge on any atom is -0.413 e. The summed E-state index contributed by atoms with van der Waals surface area (Å²) in [4.78, 5) is 11.8. The Morgan fingerprint density at radius 3 is 2.42 bits per heavy atom. The lowest BCUT2D eigenvalue weighted by Gasteiger charge is -2.37. The Bertz CT molecular complexity index is 352. The first-order valence-electron chi connectivity index (χ1n) is 7.39. The highest BCUT2D eigenvalue weighted by atomic mass is 28.4. The third-order valence-electron chi connectivity index (χ3n) is 4.95. The molecule has 2 atom stereocenters. The predicted molar refractivity (Wildman–Crippen MR) is 83.8 cm³/mol. The van der Waals surface area contributed by atoms with E-state index in [0.717, 1.165) is 18.4 Å². The van der Waals surface area contributed by atoms with Crippen LogP contribution in [0, 0.1) is 11.8 Å². The molecular weight excluding hydrogens is 252 g/mol. The molecule has 0 radical (unpaired) electrons. The monoisotopic (exact) mass is 282 g/mol. The molecule has 0 bridgehead atoms. The molecular formula is C16H30O2Si. The van der Waals surface area contributed by atoms with Gasteiger partial charge in [0.05, 0.1) is 6.61 Å². The predicted octanol–water partition coefficient (Wildman–Crippen LogP) is 4.57. The second-order valence-electron chi connectivity index (χ2n) is 7.55. The third kappa shape index (κ3) is 4.28. The molecule has 1 rings (SSSR count). The Balaban J connectivity index is 2.51. The molecule has 19 heavy (non-hydrogen) atoms. The molecule has 1 saturated carbocycles. The van der Waals surface area contributed by atoms with E-state index in [-0.39, 0.29) is 11.0 Å². The van der Waals surface area contributed by atoms with Gasteiger partial charge < -0.3 is 4.43 Å². The van der Waals surface area contributed by atoms with Crippen LogP contribution in [0.2, 0.25) is 18.1 Å². The molecule has 0 N–H and O–H groups in total. The average Bonchev–Trinajstić information content (AvgIpc) is 2.28. The lowest BCUT2D eigenvalue weighted by Crippen LogP contribution is -2.41. The summed E-state index contributed by atoms with van der Waals surface area (Å²) in [7, 11) is -1.71. The summed E-state index contributed by atoms with van der Waals surface area (Å²) in [5, 5.41) is 0.226. The molecule has 0 aliphatic heterocycles. The summed E-state index contributed by atoms with van der Waals surface area (Å²) in [6.07, 6.45) is 2.76. The molecule has 0 aromatic rings. The van der Waals surface area contributed by atoms with Crippen LogP contribution in [0.1, 0.15) is 47.0 Å². The molecule has 0 amide bonds. The smallest absolute Gasteiger partial charge is 0.192 e. The molecule has 0 heterocycles. The molecule has 1 aliphatic carbocycles. The highest BCUT2D eigenvalue weighted by Crippen LogP contribution is 2.37. The van der Waals surface area contributed by atoms with Crippen molar-refractivity contribution < 1.29 is 9.22 Å². The first kappa shape index (κ1) is 16.6. The van der Waals surface area contributed by atoms with E-state index in [2.05, 4.69) is 40.4 Å². The van der Waals surface area contributed by atoms with E-state index in [1.807, 2.05) is 6.92 Å².